The maximum atomic E-state index is 15.6. The predicted octanol–water partition coefficient (Wildman–Crippen LogP) is 14.7. The molecule has 0 aliphatic heterocycles. The molecule has 3 aromatic heterocycles. The Hall–Kier alpha value is -7.71. The topological polar surface area (TPSA) is 56.5 Å². The van der Waals surface area contributed by atoms with Crippen LogP contribution in [0.25, 0.3) is 95.3 Å². The minimum absolute atomic E-state index is 0.122. The van der Waals surface area contributed by atoms with E-state index in [1.54, 1.807) is 0 Å². The highest BCUT2D eigenvalue weighted by Gasteiger charge is 2.35. The van der Waals surface area contributed by atoms with Crippen LogP contribution in [0, 0.1) is 0 Å². The molecule has 0 saturated heterocycles. The summed E-state index contributed by atoms with van der Waals surface area (Å²) in [7, 11) is 0. The zero-order valence-electron chi connectivity index (χ0n) is 34.8. The lowest BCUT2D eigenvalue weighted by Crippen LogP contribution is -2.12. The smallest absolute Gasteiger partial charge is 0.308 e. The van der Waals surface area contributed by atoms with Crippen molar-refractivity contribution in [1.29, 1.82) is 0 Å². The van der Waals surface area contributed by atoms with E-state index in [0.29, 0.717) is 28.5 Å². The summed E-state index contributed by atoms with van der Waals surface area (Å²) in [6, 6.07) is 59.0. The molecule has 3 heterocycles. The van der Waals surface area contributed by atoms with Crippen molar-refractivity contribution >= 4 is 21.8 Å². The summed E-state index contributed by atoms with van der Waals surface area (Å²) in [5, 5.41) is 1.91. The highest BCUT2D eigenvalue weighted by Crippen LogP contribution is 2.45. The number of nitrogens with zero attached hydrogens (tertiary/aromatic N) is 5. The van der Waals surface area contributed by atoms with E-state index in [1.165, 1.54) is 12.1 Å². The van der Waals surface area contributed by atoms with Crippen molar-refractivity contribution in [3.8, 4) is 73.5 Å². The molecule has 0 bridgehead atoms. The summed E-state index contributed by atoms with van der Waals surface area (Å²) in [6.07, 6.45) is -4.76. The van der Waals surface area contributed by atoms with Gasteiger partial charge in [0, 0.05) is 44.2 Å². The Labute approximate surface area is 363 Å². The van der Waals surface area contributed by atoms with Crippen LogP contribution in [-0.2, 0) is 11.6 Å². The van der Waals surface area contributed by atoms with Crippen molar-refractivity contribution in [3.63, 3.8) is 0 Å². The average Bonchev–Trinajstić information content (AvgIpc) is 3.65. The van der Waals surface area contributed by atoms with Crippen LogP contribution in [0.3, 0.4) is 0 Å². The average molecular weight is 828 g/mol. The van der Waals surface area contributed by atoms with Gasteiger partial charge < -0.3 is 4.57 Å². The van der Waals surface area contributed by atoms with Gasteiger partial charge in [-0.3, -0.25) is 0 Å². The Bertz CT molecular complexity index is 3020. The van der Waals surface area contributed by atoms with Crippen LogP contribution in [0.4, 0.5) is 13.2 Å². The van der Waals surface area contributed by atoms with Gasteiger partial charge in [-0.2, -0.15) is 13.2 Å². The van der Waals surface area contributed by atoms with E-state index >= 15 is 13.2 Å². The predicted molar refractivity (Wildman–Crippen MR) is 248 cm³/mol. The van der Waals surface area contributed by atoms with E-state index in [4.69, 9.17) is 19.9 Å². The highest BCUT2D eigenvalue weighted by atomic mass is 19.4. The minimum atomic E-state index is -4.76. The molecule has 306 valence electrons. The highest BCUT2D eigenvalue weighted by molar-refractivity contribution is 6.11. The molecule has 7 aromatic carbocycles. The first-order valence-corrected chi connectivity index (χ1v) is 20.8. The van der Waals surface area contributed by atoms with Crippen molar-refractivity contribution in [2.75, 3.05) is 0 Å². The third-order valence-corrected chi connectivity index (χ3v) is 11.4. The monoisotopic (exact) mass is 827 g/mol. The third-order valence-electron chi connectivity index (χ3n) is 11.4. The first-order chi connectivity index (χ1) is 30.5. The van der Waals surface area contributed by atoms with Crippen molar-refractivity contribution in [3.05, 3.63) is 199 Å². The van der Waals surface area contributed by atoms with Crippen LogP contribution in [0.1, 0.15) is 31.9 Å². The Morgan fingerprint density at radius 1 is 0.381 bits per heavy atom. The minimum Gasteiger partial charge on any atom is -0.308 e. The second kappa shape index (κ2) is 15.6. The summed E-state index contributed by atoms with van der Waals surface area (Å²) < 4.78 is 48.9. The maximum absolute atomic E-state index is 15.6. The molecule has 8 heteroatoms. The van der Waals surface area contributed by atoms with E-state index in [-0.39, 0.29) is 28.2 Å². The van der Waals surface area contributed by atoms with Gasteiger partial charge in [-0.05, 0) is 53.4 Å². The lowest BCUT2D eigenvalue weighted by molar-refractivity contribution is -0.137. The number of aromatic nitrogens is 5. The molecule has 5 nitrogen and oxygen atoms in total. The van der Waals surface area contributed by atoms with E-state index in [0.717, 1.165) is 49.6 Å². The van der Waals surface area contributed by atoms with Gasteiger partial charge in [0.1, 0.15) is 0 Å². The number of alkyl halides is 3. The fourth-order valence-electron chi connectivity index (χ4n) is 8.22. The first kappa shape index (κ1) is 39.4. The summed E-state index contributed by atoms with van der Waals surface area (Å²) in [4.78, 5) is 20.5. The van der Waals surface area contributed by atoms with Crippen LogP contribution in [-0.4, -0.2) is 24.5 Å². The number of fused-ring (bicyclic) bond motifs is 3. The molecule has 0 unspecified atom stereocenters. The van der Waals surface area contributed by atoms with Gasteiger partial charge in [0.25, 0.3) is 0 Å². The van der Waals surface area contributed by atoms with Gasteiger partial charge in [0.05, 0.1) is 45.1 Å². The van der Waals surface area contributed by atoms with Gasteiger partial charge in [0.2, 0.25) is 0 Å². The molecular weight excluding hydrogens is 788 g/mol. The summed E-state index contributed by atoms with van der Waals surface area (Å²) in [6.45, 7) is 6.51. The molecule has 0 saturated carbocycles. The number of hydrogen-bond donors (Lipinski definition) is 0. The zero-order valence-corrected chi connectivity index (χ0v) is 34.8. The molecule has 0 amide bonds. The van der Waals surface area contributed by atoms with Crippen molar-refractivity contribution < 1.29 is 13.2 Å². The van der Waals surface area contributed by atoms with Gasteiger partial charge >= 0.3 is 6.18 Å². The molecular formula is C55H40F3N5. The lowest BCUT2D eigenvalue weighted by atomic mass is 9.86. The quantitative estimate of drug-likeness (QED) is 0.161. The molecule has 0 aliphatic rings. The van der Waals surface area contributed by atoms with Crippen LogP contribution >= 0.6 is 0 Å². The molecule has 0 spiro atoms. The molecule has 10 rings (SSSR count). The SMILES string of the molecule is CC(C)(C)c1ccc2c(c1)c1ccccc1n2-c1c(-c2nc(-c3ccccc3)cc(-c3ccccc3)n2)cc(C(F)(F)F)cc1-c1nc(-c2ccccc2)cc(-c2ccccc2)n1. The van der Waals surface area contributed by atoms with E-state index < -0.39 is 11.7 Å². The van der Waals surface area contributed by atoms with Gasteiger partial charge in [-0.25, -0.2) is 19.9 Å². The molecule has 0 fully saturated rings. The molecule has 10 aromatic rings. The number of para-hydroxylation sites is 1. The van der Waals surface area contributed by atoms with Crippen molar-refractivity contribution in [1.82, 2.24) is 24.5 Å². The van der Waals surface area contributed by atoms with Crippen LogP contribution < -0.4 is 0 Å². The Morgan fingerprint density at radius 2 is 0.762 bits per heavy atom. The van der Waals surface area contributed by atoms with Crippen molar-refractivity contribution in [2.24, 2.45) is 0 Å². The fourth-order valence-corrected chi connectivity index (χ4v) is 8.22. The van der Waals surface area contributed by atoms with Crippen LogP contribution in [0.2, 0.25) is 0 Å². The molecule has 0 N–H and O–H groups in total. The van der Waals surface area contributed by atoms with E-state index in [9.17, 15) is 0 Å². The molecule has 63 heavy (non-hydrogen) atoms. The second-order valence-electron chi connectivity index (χ2n) is 16.6. The maximum Gasteiger partial charge on any atom is 0.416 e. The van der Waals surface area contributed by atoms with Crippen LogP contribution in [0.15, 0.2) is 188 Å². The molecule has 0 atom stereocenters. The fraction of sp³-hybridized carbons (Fsp3) is 0.0909. The number of halogens is 3. The standard InChI is InChI=1S/C55H40F3N5/c1-54(2,3)39-28-29-50-42(30-39)41-26-16-17-27-49(41)63(50)51-43(52-59-45(35-18-8-4-9-19-35)33-46(60-52)36-20-10-5-11-21-36)31-40(55(56,57)58)32-44(51)53-61-47(37-22-12-6-13-23-37)34-48(62-53)38-24-14-7-15-25-38/h4-34H,1-3H3. The largest absolute Gasteiger partial charge is 0.416 e. The van der Waals surface area contributed by atoms with Gasteiger partial charge in [-0.1, -0.05) is 166 Å². The Morgan fingerprint density at radius 3 is 1.16 bits per heavy atom. The lowest BCUT2D eigenvalue weighted by Gasteiger charge is -2.22. The number of rotatable bonds is 7. The molecule has 0 radical (unpaired) electrons. The zero-order chi connectivity index (χ0) is 43.3. The van der Waals surface area contributed by atoms with Gasteiger partial charge in [-0.15, -0.1) is 0 Å². The summed E-state index contributed by atoms with van der Waals surface area (Å²) in [5.74, 6) is 0.245. The first-order valence-electron chi connectivity index (χ1n) is 20.8. The van der Waals surface area contributed by atoms with Gasteiger partial charge in [0.15, 0.2) is 11.6 Å². The number of benzene rings is 7. The molecule has 0 aliphatic carbocycles. The third kappa shape index (κ3) is 7.54. The van der Waals surface area contributed by atoms with E-state index in [1.807, 2.05) is 156 Å². The summed E-state index contributed by atoms with van der Waals surface area (Å²) >= 11 is 0. The van der Waals surface area contributed by atoms with E-state index in [2.05, 4.69) is 45.0 Å². The number of hydrogen-bond acceptors (Lipinski definition) is 4. The van der Waals surface area contributed by atoms with Crippen LogP contribution in [0.5, 0.6) is 0 Å². The van der Waals surface area contributed by atoms with Crippen molar-refractivity contribution in [2.45, 2.75) is 32.4 Å². The normalized spacial score (nSPS) is 12.0. The Balaban J connectivity index is 1.39. The summed E-state index contributed by atoms with van der Waals surface area (Å²) in [5.41, 5.74) is 7.90. The second-order valence-corrected chi connectivity index (χ2v) is 16.6. The Kier molecular flexibility index (Phi) is 9.79.